The monoisotopic (exact) mass is 286 g/mol. The Morgan fingerprint density at radius 2 is 2.19 bits per heavy atom. The first kappa shape index (κ1) is 14.0. The molecule has 6 nitrogen and oxygen atoms in total. The zero-order valence-corrected chi connectivity index (χ0v) is 12.7. The lowest BCUT2D eigenvalue weighted by atomic mass is 9.99. The maximum atomic E-state index is 4.72. The summed E-state index contributed by atoms with van der Waals surface area (Å²) in [6.45, 7) is 1.94. The number of rotatable bonds is 4. The normalized spacial score (nSPS) is 19.6. The molecule has 0 saturated carbocycles. The van der Waals surface area contributed by atoms with Gasteiger partial charge in [0.2, 0.25) is 5.95 Å². The van der Waals surface area contributed by atoms with E-state index >= 15 is 0 Å². The van der Waals surface area contributed by atoms with Crippen molar-refractivity contribution in [2.24, 2.45) is 0 Å². The fraction of sp³-hybridized carbons (Fsp3) is 0.533. The number of nitrogens with zero attached hydrogens (tertiary/aromatic N) is 5. The smallest absolute Gasteiger partial charge is 0.225 e. The van der Waals surface area contributed by atoms with Gasteiger partial charge in [-0.2, -0.15) is 0 Å². The van der Waals surface area contributed by atoms with Crippen LogP contribution in [0.2, 0.25) is 0 Å². The Bertz CT molecular complexity index is 565. The van der Waals surface area contributed by atoms with Gasteiger partial charge in [0, 0.05) is 32.7 Å². The third-order valence-electron chi connectivity index (χ3n) is 3.93. The third kappa shape index (κ3) is 3.21. The fourth-order valence-electron chi connectivity index (χ4n) is 2.85. The van der Waals surface area contributed by atoms with Crippen LogP contribution in [0.5, 0.6) is 0 Å². The minimum absolute atomic E-state index is 0.352. The molecular formula is C15H22N6. The van der Waals surface area contributed by atoms with E-state index in [1.165, 1.54) is 12.8 Å². The molecule has 0 spiro atoms. The van der Waals surface area contributed by atoms with Gasteiger partial charge >= 0.3 is 0 Å². The summed E-state index contributed by atoms with van der Waals surface area (Å²) in [5.41, 5.74) is 1.11. The highest BCUT2D eigenvalue weighted by molar-refractivity contribution is 5.28. The molecule has 1 aliphatic heterocycles. The molecule has 3 heterocycles. The molecule has 1 aliphatic rings. The number of nitrogens with one attached hydrogen (secondary N) is 1. The molecule has 2 aromatic heterocycles. The Balaban J connectivity index is 1.81. The second-order valence-electron chi connectivity index (χ2n) is 5.69. The first-order chi connectivity index (χ1) is 10.2. The topological polar surface area (TPSA) is 60.9 Å². The number of likely N-dealkylation sites (tertiary alicyclic amines) is 1. The second-order valence-corrected chi connectivity index (χ2v) is 5.69. The van der Waals surface area contributed by atoms with Crippen LogP contribution in [0.1, 0.15) is 36.8 Å². The van der Waals surface area contributed by atoms with E-state index in [-0.39, 0.29) is 0 Å². The van der Waals surface area contributed by atoms with Crippen LogP contribution in [0.4, 0.5) is 5.95 Å². The average Bonchev–Trinajstić information content (AvgIpc) is 3.01. The summed E-state index contributed by atoms with van der Waals surface area (Å²) in [6, 6.07) is 2.39. The van der Waals surface area contributed by atoms with E-state index in [1.54, 1.807) is 0 Å². The summed E-state index contributed by atoms with van der Waals surface area (Å²) in [4.78, 5) is 21.0. The Hall–Kier alpha value is -1.95. The average molecular weight is 286 g/mol. The van der Waals surface area contributed by atoms with E-state index in [0.29, 0.717) is 6.04 Å². The molecule has 1 saturated heterocycles. The van der Waals surface area contributed by atoms with Gasteiger partial charge in [-0.3, -0.25) is 4.90 Å². The number of anilines is 1. The Kier molecular flexibility index (Phi) is 4.15. The van der Waals surface area contributed by atoms with Gasteiger partial charge in [0.05, 0.1) is 18.3 Å². The van der Waals surface area contributed by atoms with Crippen LogP contribution in [0.25, 0.3) is 0 Å². The van der Waals surface area contributed by atoms with Crippen molar-refractivity contribution in [3.05, 3.63) is 36.2 Å². The molecule has 0 aromatic carbocycles. The SMILES string of the molecule is CN(C)c1nccc(C2CCCCN2Cc2ncc[nH]2)n1. The lowest BCUT2D eigenvalue weighted by Crippen LogP contribution is -2.34. The van der Waals surface area contributed by atoms with Crippen LogP contribution < -0.4 is 4.90 Å². The number of hydrogen-bond acceptors (Lipinski definition) is 5. The van der Waals surface area contributed by atoms with E-state index in [1.807, 2.05) is 43.7 Å². The highest BCUT2D eigenvalue weighted by Gasteiger charge is 2.26. The van der Waals surface area contributed by atoms with Crippen molar-refractivity contribution in [3.63, 3.8) is 0 Å². The van der Waals surface area contributed by atoms with Crippen molar-refractivity contribution in [3.8, 4) is 0 Å². The molecule has 1 unspecified atom stereocenters. The molecule has 1 atom stereocenters. The minimum atomic E-state index is 0.352. The number of H-pyrrole nitrogens is 1. The molecule has 112 valence electrons. The van der Waals surface area contributed by atoms with Gasteiger partial charge < -0.3 is 9.88 Å². The largest absolute Gasteiger partial charge is 0.348 e. The van der Waals surface area contributed by atoms with E-state index in [0.717, 1.165) is 37.0 Å². The van der Waals surface area contributed by atoms with Crippen LogP contribution in [-0.4, -0.2) is 45.5 Å². The first-order valence-electron chi connectivity index (χ1n) is 7.46. The summed E-state index contributed by atoms with van der Waals surface area (Å²) in [7, 11) is 3.95. The lowest BCUT2D eigenvalue weighted by molar-refractivity contribution is 0.134. The van der Waals surface area contributed by atoms with Crippen LogP contribution >= 0.6 is 0 Å². The predicted molar refractivity (Wildman–Crippen MR) is 81.9 cm³/mol. The Morgan fingerprint density at radius 3 is 2.95 bits per heavy atom. The summed E-state index contributed by atoms with van der Waals surface area (Å²) < 4.78 is 0. The summed E-state index contributed by atoms with van der Waals surface area (Å²) in [5, 5.41) is 0. The molecule has 0 aliphatic carbocycles. The van der Waals surface area contributed by atoms with Crippen molar-refractivity contribution in [2.75, 3.05) is 25.5 Å². The zero-order valence-electron chi connectivity index (χ0n) is 12.7. The summed E-state index contributed by atoms with van der Waals surface area (Å²) >= 11 is 0. The van der Waals surface area contributed by atoms with Gasteiger partial charge in [0.15, 0.2) is 0 Å². The fourth-order valence-corrected chi connectivity index (χ4v) is 2.85. The van der Waals surface area contributed by atoms with Crippen molar-refractivity contribution >= 4 is 5.95 Å². The molecule has 0 radical (unpaired) electrons. The summed E-state index contributed by atoms with van der Waals surface area (Å²) in [6.07, 6.45) is 9.18. The number of piperidine rings is 1. The third-order valence-corrected chi connectivity index (χ3v) is 3.93. The molecule has 0 amide bonds. The maximum Gasteiger partial charge on any atom is 0.225 e. The Morgan fingerprint density at radius 1 is 1.29 bits per heavy atom. The maximum absolute atomic E-state index is 4.72. The molecule has 1 N–H and O–H groups in total. The van der Waals surface area contributed by atoms with E-state index in [9.17, 15) is 0 Å². The molecule has 0 bridgehead atoms. The molecule has 6 heteroatoms. The number of hydrogen-bond donors (Lipinski definition) is 1. The Labute approximate surface area is 125 Å². The van der Waals surface area contributed by atoms with Crippen LogP contribution in [0, 0.1) is 0 Å². The van der Waals surface area contributed by atoms with Crippen molar-refractivity contribution in [1.82, 2.24) is 24.8 Å². The highest BCUT2D eigenvalue weighted by Crippen LogP contribution is 2.31. The first-order valence-corrected chi connectivity index (χ1v) is 7.46. The summed E-state index contributed by atoms with van der Waals surface area (Å²) in [5.74, 6) is 1.79. The van der Waals surface area contributed by atoms with E-state index < -0.39 is 0 Å². The minimum Gasteiger partial charge on any atom is -0.348 e. The predicted octanol–water partition coefficient (Wildman–Crippen LogP) is 1.99. The van der Waals surface area contributed by atoms with Crippen LogP contribution in [0.15, 0.2) is 24.7 Å². The van der Waals surface area contributed by atoms with E-state index in [2.05, 4.69) is 19.9 Å². The molecule has 21 heavy (non-hydrogen) atoms. The van der Waals surface area contributed by atoms with Crippen molar-refractivity contribution < 1.29 is 0 Å². The molecule has 3 rings (SSSR count). The zero-order chi connectivity index (χ0) is 14.7. The van der Waals surface area contributed by atoms with Gasteiger partial charge in [0.25, 0.3) is 0 Å². The van der Waals surface area contributed by atoms with Crippen molar-refractivity contribution in [1.29, 1.82) is 0 Å². The van der Waals surface area contributed by atoms with Gasteiger partial charge in [-0.15, -0.1) is 0 Å². The lowest BCUT2D eigenvalue weighted by Gasteiger charge is -2.34. The number of aromatic nitrogens is 4. The second kappa shape index (κ2) is 6.22. The quantitative estimate of drug-likeness (QED) is 0.931. The van der Waals surface area contributed by atoms with Gasteiger partial charge in [-0.05, 0) is 25.5 Å². The van der Waals surface area contributed by atoms with Crippen molar-refractivity contribution in [2.45, 2.75) is 31.8 Å². The van der Waals surface area contributed by atoms with Crippen LogP contribution in [0.3, 0.4) is 0 Å². The number of aromatic amines is 1. The molecule has 2 aromatic rings. The van der Waals surface area contributed by atoms with E-state index in [4.69, 9.17) is 4.98 Å². The van der Waals surface area contributed by atoms with Gasteiger partial charge in [-0.25, -0.2) is 15.0 Å². The van der Waals surface area contributed by atoms with Gasteiger partial charge in [-0.1, -0.05) is 6.42 Å². The molecule has 1 fully saturated rings. The van der Waals surface area contributed by atoms with Crippen LogP contribution in [-0.2, 0) is 6.54 Å². The highest BCUT2D eigenvalue weighted by atomic mass is 15.2. The number of imidazole rings is 1. The standard InChI is InChI=1S/C15H22N6/c1-20(2)15-18-7-6-12(19-15)13-5-3-4-10-21(13)11-14-16-8-9-17-14/h6-9,13H,3-5,10-11H2,1-2H3,(H,16,17). The molecular weight excluding hydrogens is 264 g/mol. The van der Waals surface area contributed by atoms with Gasteiger partial charge in [0.1, 0.15) is 5.82 Å².